The van der Waals surface area contributed by atoms with Crippen molar-refractivity contribution in [1.82, 2.24) is 0 Å². The minimum atomic E-state index is 0.203. The highest BCUT2D eigenvalue weighted by atomic mass is 16.1. The molecule has 1 heteroatoms. The average Bonchev–Trinajstić information content (AvgIpc) is 2.37. The van der Waals surface area contributed by atoms with Crippen LogP contribution in [0.25, 0.3) is 0 Å². The van der Waals surface area contributed by atoms with E-state index in [-0.39, 0.29) is 5.41 Å². The van der Waals surface area contributed by atoms with Crippen molar-refractivity contribution in [2.45, 2.75) is 53.9 Å². The molecular formula is C20H26O. The smallest absolute Gasteiger partial charge is 0.143 e. The largest absolute Gasteiger partial charge is 0.299 e. The van der Waals surface area contributed by atoms with Crippen LogP contribution in [0, 0.1) is 17.3 Å². The van der Waals surface area contributed by atoms with Crippen LogP contribution in [0.4, 0.5) is 0 Å². The van der Waals surface area contributed by atoms with Gasteiger partial charge in [-0.2, -0.15) is 0 Å². The van der Waals surface area contributed by atoms with E-state index < -0.39 is 0 Å². The SMILES string of the molecule is CC(C#CC1=C(C)CCCC1(C)C)=CC=CC(C)=CC=O. The standard InChI is InChI=1S/C20H26O/c1-16(8-6-9-17(2)13-15-21)11-12-19-18(3)10-7-14-20(19,4)5/h6,8-9,13,15H,7,10,14H2,1-5H3. The summed E-state index contributed by atoms with van der Waals surface area (Å²) in [4.78, 5) is 10.3. The van der Waals surface area contributed by atoms with Crippen LogP contribution < -0.4 is 0 Å². The summed E-state index contributed by atoms with van der Waals surface area (Å²) in [7, 11) is 0. The Labute approximate surface area is 129 Å². The summed E-state index contributed by atoms with van der Waals surface area (Å²) in [6, 6.07) is 0. The van der Waals surface area contributed by atoms with Gasteiger partial charge in [-0.05, 0) is 62.7 Å². The zero-order valence-corrected chi connectivity index (χ0v) is 13.9. The molecule has 0 N–H and O–H groups in total. The van der Waals surface area contributed by atoms with Gasteiger partial charge in [-0.1, -0.05) is 49.5 Å². The number of hydrogen-bond acceptors (Lipinski definition) is 1. The third kappa shape index (κ3) is 5.60. The monoisotopic (exact) mass is 282 g/mol. The lowest BCUT2D eigenvalue weighted by molar-refractivity contribution is -0.104. The van der Waals surface area contributed by atoms with Crippen LogP contribution in [0.5, 0.6) is 0 Å². The molecule has 1 aliphatic carbocycles. The van der Waals surface area contributed by atoms with Crippen molar-refractivity contribution in [3.05, 3.63) is 46.6 Å². The highest BCUT2D eigenvalue weighted by Crippen LogP contribution is 2.39. The Morgan fingerprint density at radius 3 is 2.57 bits per heavy atom. The molecule has 0 unspecified atom stereocenters. The highest BCUT2D eigenvalue weighted by molar-refractivity contribution is 5.67. The molecule has 0 saturated heterocycles. The average molecular weight is 282 g/mol. The molecule has 21 heavy (non-hydrogen) atoms. The molecule has 1 nitrogen and oxygen atoms in total. The van der Waals surface area contributed by atoms with Gasteiger partial charge in [0.2, 0.25) is 0 Å². The van der Waals surface area contributed by atoms with E-state index in [1.54, 1.807) is 6.08 Å². The number of rotatable bonds is 3. The first-order valence-corrected chi connectivity index (χ1v) is 7.56. The molecule has 0 saturated carbocycles. The van der Waals surface area contributed by atoms with Crippen molar-refractivity contribution in [2.24, 2.45) is 5.41 Å². The quantitative estimate of drug-likeness (QED) is 0.302. The van der Waals surface area contributed by atoms with Crippen LogP contribution in [0.1, 0.15) is 53.9 Å². The number of hydrogen-bond donors (Lipinski definition) is 0. The molecule has 0 aromatic rings. The van der Waals surface area contributed by atoms with Gasteiger partial charge in [-0.15, -0.1) is 0 Å². The van der Waals surface area contributed by atoms with Gasteiger partial charge < -0.3 is 0 Å². The van der Waals surface area contributed by atoms with Gasteiger partial charge in [0.05, 0.1) is 0 Å². The van der Waals surface area contributed by atoms with E-state index in [9.17, 15) is 4.79 Å². The Morgan fingerprint density at radius 2 is 1.95 bits per heavy atom. The van der Waals surface area contributed by atoms with E-state index >= 15 is 0 Å². The Morgan fingerprint density at radius 1 is 1.24 bits per heavy atom. The predicted octanol–water partition coefficient (Wildman–Crippen LogP) is 5.16. The molecule has 1 rings (SSSR count). The van der Waals surface area contributed by atoms with Crippen LogP contribution >= 0.6 is 0 Å². The summed E-state index contributed by atoms with van der Waals surface area (Å²) in [5, 5.41) is 0. The summed E-state index contributed by atoms with van der Waals surface area (Å²) in [6.45, 7) is 10.7. The summed E-state index contributed by atoms with van der Waals surface area (Å²) in [5.41, 5.74) is 4.92. The Kier molecular flexibility index (Phi) is 6.43. The van der Waals surface area contributed by atoms with Crippen molar-refractivity contribution in [2.75, 3.05) is 0 Å². The molecule has 112 valence electrons. The van der Waals surface area contributed by atoms with Gasteiger partial charge >= 0.3 is 0 Å². The van der Waals surface area contributed by atoms with E-state index in [0.717, 1.165) is 17.4 Å². The third-order valence-corrected chi connectivity index (χ3v) is 3.88. The van der Waals surface area contributed by atoms with Crippen molar-refractivity contribution < 1.29 is 4.79 Å². The lowest BCUT2D eigenvalue weighted by Gasteiger charge is -2.31. The summed E-state index contributed by atoms with van der Waals surface area (Å²) < 4.78 is 0. The number of allylic oxidation sites excluding steroid dienone is 8. The summed E-state index contributed by atoms with van der Waals surface area (Å²) in [6.07, 6.45) is 11.8. The minimum absolute atomic E-state index is 0.203. The Hall–Kier alpha value is -1.81. The van der Waals surface area contributed by atoms with E-state index in [1.807, 2.05) is 32.1 Å². The lowest BCUT2D eigenvalue weighted by Crippen LogP contribution is -2.19. The van der Waals surface area contributed by atoms with Gasteiger partial charge in [-0.25, -0.2) is 0 Å². The Bertz CT molecular complexity index is 569. The van der Waals surface area contributed by atoms with Crippen molar-refractivity contribution in [3.8, 4) is 11.8 Å². The maximum Gasteiger partial charge on any atom is 0.143 e. The topological polar surface area (TPSA) is 17.1 Å². The second-order valence-electron chi connectivity index (χ2n) is 6.40. The van der Waals surface area contributed by atoms with Crippen LogP contribution in [0.3, 0.4) is 0 Å². The second kappa shape index (κ2) is 7.84. The van der Waals surface area contributed by atoms with Crippen LogP contribution in [0.2, 0.25) is 0 Å². The number of carbonyl (C=O) groups is 1. The van der Waals surface area contributed by atoms with Gasteiger partial charge in [0, 0.05) is 5.57 Å². The molecule has 0 bridgehead atoms. The maximum atomic E-state index is 10.3. The molecular weight excluding hydrogens is 256 g/mol. The molecule has 0 radical (unpaired) electrons. The molecule has 0 fully saturated rings. The first kappa shape index (κ1) is 17.2. The van der Waals surface area contributed by atoms with Crippen molar-refractivity contribution in [1.29, 1.82) is 0 Å². The number of carbonyl (C=O) groups excluding carboxylic acids is 1. The van der Waals surface area contributed by atoms with Gasteiger partial charge in [0.1, 0.15) is 6.29 Å². The minimum Gasteiger partial charge on any atom is -0.299 e. The highest BCUT2D eigenvalue weighted by Gasteiger charge is 2.27. The number of aldehydes is 1. The van der Waals surface area contributed by atoms with Gasteiger partial charge in [0.15, 0.2) is 0 Å². The first-order valence-electron chi connectivity index (χ1n) is 7.56. The van der Waals surface area contributed by atoms with Crippen LogP contribution in [0.15, 0.2) is 46.6 Å². The van der Waals surface area contributed by atoms with E-state index in [0.29, 0.717) is 0 Å². The molecule has 0 aromatic carbocycles. The zero-order valence-electron chi connectivity index (χ0n) is 13.9. The molecule has 0 aromatic heterocycles. The molecule has 0 atom stereocenters. The maximum absolute atomic E-state index is 10.3. The van der Waals surface area contributed by atoms with Crippen molar-refractivity contribution >= 4 is 6.29 Å². The van der Waals surface area contributed by atoms with E-state index in [1.165, 1.54) is 30.4 Å². The molecule has 0 amide bonds. The summed E-state index contributed by atoms with van der Waals surface area (Å²) >= 11 is 0. The fourth-order valence-corrected chi connectivity index (χ4v) is 2.61. The molecule has 1 aliphatic rings. The summed E-state index contributed by atoms with van der Waals surface area (Å²) in [5.74, 6) is 6.64. The normalized spacial score (nSPS) is 19.5. The van der Waals surface area contributed by atoms with E-state index in [2.05, 4.69) is 32.6 Å². The van der Waals surface area contributed by atoms with Crippen LogP contribution in [-0.4, -0.2) is 6.29 Å². The van der Waals surface area contributed by atoms with Crippen LogP contribution in [-0.2, 0) is 4.79 Å². The lowest BCUT2D eigenvalue weighted by atomic mass is 9.73. The van der Waals surface area contributed by atoms with E-state index in [4.69, 9.17) is 0 Å². The molecule has 0 spiro atoms. The Balaban J connectivity index is 2.86. The first-order chi connectivity index (χ1) is 9.86. The third-order valence-electron chi connectivity index (χ3n) is 3.88. The zero-order chi connectivity index (χ0) is 15.9. The van der Waals surface area contributed by atoms with Gasteiger partial charge in [-0.3, -0.25) is 4.79 Å². The fraction of sp³-hybridized carbons (Fsp3) is 0.450. The predicted molar refractivity (Wildman–Crippen MR) is 90.8 cm³/mol. The van der Waals surface area contributed by atoms with Crippen molar-refractivity contribution in [3.63, 3.8) is 0 Å². The molecule has 0 heterocycles. The fourth-order valence-electron chi connectivity index (χ4n) is 2.61. The van der Waals surface area contributed by atoms with Gasteiger partial charge in [0.25, 0.3) is 0 Å². The second-order valence-corrected chi connectivity index (χ2v) is 6.40. The molecule has 0 aliphatic heterocycles.